The number of hydrogen-bond acceptors (Lipinski definition) is 3. The summed E-state index contributed by atoms with van der Waals surface area (Å²) in [5.74, 6) is 0.489. The van der Waals surface area contributed by atoms with E-state index in [1.807, 2.05) is 66.7 Å². The SMILES string of the molecule is Clc1ccc(-c2ncc(OCCc3ccccc3)nc2-c2ccc(Cl)cc2)cc1. The van der Waals surface area contributed by atoms with Crippen LogP contribution in [0.4, 0.5) is 0 Å². The Kier molecular flexibility index (Phi) is 6.09. The van der Waals surface area contributed by atoms with Crippen molar-refractivity contribution in [2.24, 2.45) is 0 Å². The van der Waals surface area contributed by atoms with Crippen LogP contribution in [-0.4, -0.2) is 16.6 Å². The van der Waals surface area contributed by atoms with Gasteiger partial charge < -0.3 is 4.74 Å². The zero-order chi connectivity index (χ0) is 20.1. The second-order valence-corrected chi connectivity index (χ2v) is 7.38. The van der Waals surface area contributed by atoms with E-state index in [0.29, 0.717) is 22.5 Å². The van der Waals surface area contributed by atoms with Gasteiger partial charge in [0.2, 0.25) is 5.88 Å². The van der Waals surface area contributed by atoms with Crippen LogP contribution in [0.2, 0.25) is 10.0 Å². The van der Waals surface area contributed by atoms with Gasteiger partial charge in [0.1, 0.15) is 5.69 Å². The molecule has 0 saturated carbocycles. The van der Waals surface area contributed by atoms with Gasteiger partial charge in [0.25, 0.3) is 0 Å². The van der Waals surface area contributed by atoms with E-state index in [1.165, 1.54) is 5.56 Å². The molecule has 1 heterocycles. The van der Waals surface area contributed by atoms with E-state index in [2.05, 4.69) is 17.1 Å². The van der Waals surface area contributed by atoms with Crippen molar-refractivity contribution in [1.82, 2.24) is 9.97 Å². The molecule has 4 rings (SSSR count). The molecule has 0 aliphatic carbocycles. The van der Waals surface area contributed by atoms with E-state index in [0.717, 1.165) is 28.9 Å². The number of rotatable bonds is 6. The molecule has 0 aliphatic heterocycles. The van der Waals surface area contributed by atoms with Gasteiger partial charge in [-0.2, -0.15) is 0 Å². The third kappa shape index (κ3) is 4.94. The minimum atomic E-state index is 0.489. The molecule has 0 N–H and O–H groups in total. The molecular weight excluding hydrogens is 403 g/mol. The number of aromatic nitrogens is 2. The molecule has 0 radical (unpaired) electrons. The molecule has 3 aromatic carbocycles. The van der Waals surface area contributed by atoms with E-state index in [-0.39, 0.29) is 0 Å². The van der Waals surface area contributed by atoms with Crippen molar-refractivity contribution in [1.29, 1.82) is 0 Å². The average Bonchev–Trinajstić information content (AvgIpc) is 2.76. The zero-order valence-electron chi connectivity index (χ0n) is 15.6. The molecule has 144 valence electrons. The molecular formula is C24H18Cl2N2O. The van der Waals surface area contributed by atoms with Crippen molar-refractivity contribution in [3.8, 4) is 28.4 Å². The monoisotopic (exact) mass is 420 g/mol. The molecule has 5 heteroatoms. The van der Waals surface area contributed by atoms with Gasteiger partial charge in [0.15, 0.2) is 0 Å². The predicted molar refractivity (Wildman–Crippen MR) is 119 cm³/mol. The smallest absolute Gasteiger partial charge is 0.232 e. The summed E-state index contributed by atoms with van der Waals surface area (Å²) in [6.45, 7) is 0.527. The summed E-state index contributed by atoms with van der Waals surface area (Å²) in [4.78, 5) is 9.38. The summed E-state index contributed by atoms with van der Waals surface area (Å²) >= 11 is 12.1. The highest BCUT2D eigenvalue weighted by Crippen LogP contribution is 2.31. The first-order chi connectivity index (χ1) is 14.2. The molecule has 0 aliphatic rings. The molecule has 0 amide bonds. The first-order valence-corrected chi connectivity index (χ1v) is 10.0. The lowest BCUT2D eigenvalue weighted by molar-refractivity contribution is 0.308. The van der Waals surface area contributed by atoms with Crippen LogP contribution >= 0.6 is 23.2 Å². The maximum atomic E-state index is 6.06. The van der Waals surface area contributed by atoms with Gasteiger partial charge in [-0.3, -0.25) is 0 Å². The van der Waals surface area contributed by atoms with Gasteiger partial charge in [0.05, 0.1) is 18.5 Å². The van der Waals surface area contributed by atoms with Gasteiger partial charge in [0, 0.05) is 27.6 Å². The van der Waals surface area contributed by atoms with Crippen LogP contribution in [0, 0.1) is 0 Å². The Hall–Kier alpha value is -2.88. The highest BCUT2D eigenvalue weighted by atomic mass is 35.5. The highest BCUT2D eigenvalue weighted by molar-refractivity contribution is 6.31. The fourth-order valence-corrected chi connectivity index (χ4v) is 3.24. The number of benzene rings is 3. The Labute approximate surface area is 179 Å². The van der Waals surface area contributed by atoms with Crippen molar-refractivity contribution in [3.05, 3.63) is 101 Å². The average molecular weight is 421 g/mol. The summed E-state index contributed by atoms with van der Waals surface area (Å²) in [7, 11) is 0. The summed E-state index contributed by atoms with van der Waals surface area (Å²) in [6, 6.07) is 25.3. The second-order valence-electron chi connectivity index (χ2n) is 6.50. The lowest BCUT2D eigenvalue weighted by Crippen LogP contribution is -2.04. The molecule has 0 unspecified atom stereocenters. The fraction of sp³-hybridized carbons (Fsp3) is 0.0833. The number of hydrogen-bond donors (Lipinski definition) is 0. The van der Waals surface area contributed by atoms with Crippen molar-refractivity contribution >= 4 is 23.2 Å². The van der Waals surface area contributed by atoms with Gasteiger partial charge in [-0.25, -0.2) is 9.97 Å². The van der Waals surface area contributed by atoms with Crippen LogP contribution in [0.25, 0.3) is 22.5 Å². The van der Waals surface area contributed by atoms with Crippen LogP contribution < -0.4 is 4.74 Å². The van der Waals surface area contributed by atoms with Crippen molar-refractivity contribution in [2.75, 3.05) is 6.61 Å². The lowest BCUT2D eigenvalue weighted by atomic mass is 10.0. The Morgan fingerprint density at radius 2 is 1.28 bits per heavy atom. The van der Waals surface area contributed by atoms with Crippen LogP contribution in [0.5, 0.6) is 5.88 Å². The summed E-state index contributed by atoms with van der Waals surface area (Å²) in [6.07, 6.45) is 2.46. The standard InChI is InChI=1S/C24H18Cl2N2O/c25-20-10-6-18(7-11-20)23-24(19-8-12-21(26)13-9-19)28-22(16-27-23)29-15-14-17-4-2-1-3-5-17/h1-13,16H,14-15H2. The third-order valence-electron chi connectivity index (χ3n) is 4.47. The molecule has 0 fully saturated rings. The largest absolute Gasteiger partial charge is 0.476 e. The van der Waals surface area contributed by atoms with Crippen molar-refractivity contribution in [3.63, 3.8) is 0 Å². The van der Waals surface area contributed by atoms with Crippen LogP contribution in [-0.2, 0) is 6.42 Å². The van der Waals surface area contributed by atoms with Crippen molar-refractivity contribution in [2.45, 2.75) is 6.42 Å². The Balaban J connectivity index is 1.63. The van der Waals surface area contributed by atoms with E-state index in [1.54, 1.807) is 6.20 Å². The highest BCUT2D eigenvalue weighted by Gasteiger charge is 2.13. The minimum Gasteiger partial charge on any atom is -0.476 e. The Bertz CT molecular complexity index is 1080. The molecule has 0 atom stereocenters. The Morgan fingerprint density at radius 1 is 0.690 bits per heavy atom. The first kappa shape index (κ1) is 19.4. The molecule has 1 aromatic heterocycles. The van der Waals surface area contributed by atoms with Gasteiger partial charge >= 0.3 is 0 Å². The van der Waals surface area contributed by atoms with E-state index in [4.69, 9.17) is 32.9 Å². The summed E-state index contributed by atoms with van der Waals surface area (Å²) < 4.78 is 5.89. The second kappa shape index (κ2) is 9.08. The quantitative estimate of drug-likeness (QED) is 0.346. The fourth-order valence-electron chi connectivity index (χ4n) is 2.99. The van der Waals surface area contributed by atoms with Crippen LogP contribution in [0.1, 0.15) is 5.56 Å². The minimum absolute atomic E-state index is 0.489. The molecule has 3 nitrogen and oxygen atoms in total. The van der Waals surface area contributed by atoms with Crippen LogP contribution in [0.15, 0.2) is 85.1 Å². The van der Waals surface area contributed by atoms with E-state index >= 15 is 0 Å². The molecule has 0 bridgehead atoms. The van der Waals surface area contributed by atoms with Gasteiger partial charge in [-0.05, 0) is 29.8 Å². The Morgan fingerprint density at radius 3 is 1.90 bits per heavy atom. The summed E-state index contributed by atoms with van der Waals surface area (Å²) in [5, 5.41) is 1.35. The predicted octanol–water partition coefficient (Wildman–Crippen LogP) is 6.74. The van der Waals surface area contributed by atoms with E-state index < -0.39 is 0 Å². The zero-order valence-corrected chi connectivity index (χ0v) is 17.1. The number of ether oxygens (including phenoxy) is 1. The molecule has 4 aromatic rings. The normalized spacial score (nSPS) is 10.7. The van der Waals surface area contributed by atoms with Gasteiger partial charge in [-0.15, -0.1) is 0 Å². The lowest BCUT2D eigenvalue weighted by Gasteiger charge is -2.12. The molecule has 29 heavy (non-hydrogen) atoms. The van der Waals surface area contributed by atoms with Crippen molar-refractivity contribution < 1.29 is 4.74 Å². The van der Waals surface area contributed by atoms with Gasteiger partial charge in [-0.1, -0.05) is 77.8 Å². The van der Waals surface area contributed by atoms with E-state index in [9.17, 15) is 0 Å². The maximum Gasteiger partial charge on any atom is 0.232 e. The summed E-state index contributed by atoms with van der Waals surface area (Å²) in [5.41, 5.74) is 4.57. The van der Waals surface area contributed by atoms with Crippen LogP contribution in [0.3, 0.4) is 0 Å². The first-order valence-electron chi connectivity index (χ1n) is 9.25. The molecule has 0 spiro atoms. The topological polar surface area (TPSA) is 35.0 Å². The maximum absolute atomic E-state index is 6.06. The number of halogens is 2. The third-order valence-corrected chi connectivity index (χ3v) is 4.97. The molecule has 0 saturated heterocycles. The number of nitrogens with zero attached hydrogens (tertiary/aromatic N) is 2.